The van der Waals surface area contributed by atoms with E-state index < -0.39 is 0 Å². The molecule has 1 unspecified atom stereocenters. The van der Waals surface area contributed by atoms with Crippen molar-refractivity contribution in [2.24, 2.45) is 7.05 Å². The minimum Gasteiger partial charge on any atom is -0.304 e. The summed E-state index contributed by atoms with van der Waals surface area (Å²) >= 11 is 1.69. The molecule has 0 aliphatic heterocycles. The van der Waals surface area contributed by atoms with Crippen LogP contribution >= 0.6 is 11.3 Å². The van der Waals surface area contributed by atoms with Crippen LogP contribution in [0.15, 0.2) is 36.5 Å². The Morgan fingerprint density at radius 2 is 2.19 bits per heavy atom. The van der Waals surface area contributed by atoms with E-state index in [1.165, 1.54) is 10.9 Å². The number of thiophene rings is 1. The molecule has 5 heteroatoms. The standard InChI is InChI=1S/C16H18FN3S/c1-3-7-18-16(13-6-8-20(2)19-13)15-10-11-9-12(17)4-5-14(11)21-15/h4-6,8-10,16,18H,3,7H2,1-2H3. The van der Waals surface area contributed by atoms with Crippen LogP contribution in [0.25, 0.3) is 10.1 Å². The number of fused-ring (bicyclic) bond motifs is 1. The van der Waals surface area contributed by atoms with Crippen LogP contribution in [0.1, 0.15) is 30.0 Å². The van der Waals surface area contributed by atoms with Gasteiger partial charge >= 0.3 is 0 Å². The van der Waals surface area contributed by atoms with Gasteiger partial charge in [0.2, 0.25) is 0 Å². The Morgan fingerprint density at radius 1 is 1.33 bits per heavy atom. The molecule has 0 amide bonds. The summed E-state index contributed by atoms with van der Waals surface area (Å²) < 4.78 is 16.3. The topological polar surface area (TPSA) is 29.9 Å². The Bertz CT molecular complexity index is 747. The molecule has 3 nitrogen and oxygen atoms in total. The van der Waals surface area contributed by atoms with Crippen LogP contribution in [-0.4, -0.2) is 16.3 Å². The van der Waals surface area contributed by atoms with Crippen LogP contribution in [0.2, 0.25) is 0 Å². The first-order valence-electron chi connectivity index (χ1n) is 7.09. The maximum absolute atomic E-state index is 13.3. The summed E-state index contributed by atoms with van der Waals surface area (Å²) in [6.07, 6.45) is 3.01. The fourth-order valence-corrected chi connectivity index (χ4v) is 3.54. The highest BCUT2D eigenvalue weighted by atomic mass is 32.1. The fraction of sp³-hybridized carbons (Fsp3) is 0.312. The molecular formula is C16H18FN3S. The highest BCUT2D eigenvalue weighted by molar-refractivity contribution is 7.19. The summed E-state index contributed by atoms with van der Waals surface area (Å²) in [5.74, 6) is -0.192. The van der Waals surface area contributed by atoms with Gasteiger partial charge in [-0.25, -0.2) is 4.39 Å². The lowest BCUT2D eigenvalue weighted by atomic mass is 10.1. The van der Waals surface area contributed by atoms with E-state index in [0.717, 1.165) is 28.7 Å². The monoisotopic (exact) mass is 303 g/mol. The maximum Gasteiger partial charge on any atom is 0.123 e. The fourth-order valence-electron chi connectivity index (χ4n) is 2.40. The van der Waals surface area contributed by atoms with Crippen LogP contribution in [0.3, 0.4) is 0 Å². The van der Waals surface area contributed by atoms with Crippen molar-refractivity contribution in [3.8, 4) is 0 Å². The van der Waals surface area contributed by atoms with Gasteiger partial charge in [-0.3, -0.25) is 4.68 Å². The van der Waals surface area contributed by atoms with E-state index in [-0.39, 0.29) is 11.9 Å². The Labute approximate surface area is 127 Å². The molecule has 3 rings (SSSR count). The highest BCUT2D eigenvalue weighted by Gasteiger charge is 2.18. The molecule has 0 aliphatic rings. The largest absolute Gasteiger partial charge is 0.304 e. The van der Waals surface area contributed by atoms with E-state index in [9.17, 15) is 4.39 Å². The SMILES string of the molecule is CCCNC(c1ccn(C)n1)c1cc2cc(F)ccc2s1. The molecule has 0 saturated heterocycles. The molecule has 0 radical (unpaired) electrons. The van der Waals surface area contributed by atoms with Gasteiger partial charge in [-0.05, 0) is 48.7 Å². The molecule has 0 aliphatic carbocycles. The molecule has 2 heterocycles. The number of nitrogens with zero attached hydrogens (tertiary/aromatic N) is 2. The summed E-state index contributed by atoms with van der Waals surface area (Å²) in [6.45, 7) is 3.06. The van der Waals surface area contributed by atoms with Crippen molar-refractivity contribution in [1.29, 1.82) is 0 Å². The number of halogens is 1. The number of hydrogen-bond donors (Lipinski definition) is 1. The molecule has 3 aromatic rings. The summed E-state index contributed by atoms with van der Waals surface area (Å²) in [7, 11) is 1.92. The van der Waals surface area contributed by atoms with Gasteiger partial charge in [-0.15, -0.1) is 11.3 Å². The number of hydrogen-bond acceptors (Lipinski definition) is 3. The summed E-state index contributed by atoms with van der Waals surface area (Å²) in [4.78, 5) is 1.17. The van der Waals surface area contributed by atoms with Crippen molar-refractivity contribution in [3.63, 3.8) is 0 Å². The Balaban J connectivity index is 2.00. The number of benzene rings is 1. The first kappa shape index (κ1) is 14.2. The average Bonchev–Trinajstić information content (AvgIpc) is 3.05. The Hall–Kier alpha value is -1.72. The molecule has 110 valence electrons. The molecule has 1 N–H and O–H groups in total. The first-order chi connectivity index (χ1) is 10.2. The predicted octanol–water partition coefficient (Wildman–Crippen LogP) is 3.86. The number of aromatic nitrogens is 2. The van der Waals surface area contributed by atoms with Gasteiger partial charge in [-0.1, -0.05) is 6.92 Å². The molecule has 0 bridgehead atoms. The zero-order chi connectivity index (χ0) is 14.8. The molecule has 2 aromatic heterocycles. The molecule has 1 atom stereocenters. The van der Waals surface area contributed by atoms with Crippen LogP contribution in [0.4, 0.5) is 4.39 Å². The summed E-state index contributed by atoms with van der Waals surface area (Å²) in [5, 5.41) is 9.00. The van der Waals surface area contributed by atoms with E-state index in [4.69, 9.17) is 0 Å². The third-order valence-corrected chi connectivity index (χ3v) is 4.59. The van der Waals surface area contributed by atoms with Gasteiger partial charge in [0.05, 0.1) is 11.7 Å². The zero-order valence-electron chi connectivity index (χ0n) is 12.1. The van der Waals surface area contributed by atoms with Crippen LogP contribution < -0.4 is 5.32 Å². The van der Waals surface area contributed by atoms with Gasteiger partial charge < -0.3 is 5.32 Å². The third-order valence-electron chi connectivity index (χ3n) is 3.41. The van der Waals surface area contributed by atoms with Crippen molar-refractivity contribution in [2.45, 2.75) is 19.4 Å². The van der Waals surface area contributed by atoms with Crippen molar-refractivity contribution >= 4 is 21.4 Å². The second-order valence-corrected chi connectivity index (χ2v) is 6.25. The normalized spacial score (nSPS) is 12.9. The van der Waals surface area contributed by atoms with E-state index in [0.29, 0.717) is 0 Å². The van der Waals surface area contributed by atoms with E-state index in [2.05, 4.69) is 23.4 Å². The first-order valence-corrected chi connectivity index (χ1v) is 7.91. The average molecular weight is 303 g/mol. The van der Waals surface area contributed by atoms with E-state index in [1.54, 1.807) is 17.4 Å². The minimum atomic E-state index is -0.192. The van der Waals surface area contributed by atoms with Crippen LogP contribution in [0, 0.1) is 5.82 Å². The van der Waals surface area contributed by atoms with Gasteiger partial charge in [0.25, 0.3) is 0 Å². The Morgan fingerprint density at radius 3 is 2.90 bits per heavy atom. The van der Waals surface area contributed by atoms with Crippen molar-refractivity contribution in [1.82, 2.24) is 15.1 Å². The maximum atomic E-state index is 13.3. The number of nitrogens with one attached hydrogen (secondary N) is 1. The van der Waals surface area contributed by atoms with E-state index in [1.807, 2.05) is 30.1 Å². The lowest BCUT2D eigenvalue weighted by molar-refractivity contribution is 0.582. The molecule has 1 aromatic carbocycles. The highest BCUT2D eigenvalue weighted by Crippen LogP contribution is 2.33. The lowest BCUT2D eigenvalue weighted by Gasteiger charge is -2.14. The number of aryl methyl sites for hydroxylation is 1. The second-order valence-electron chi connectivity index (χ2n) is 5.13. The smallest absolute Gasteiger partial charge is 0.123 e. The molecule has 0 fully saturated rings. The van der Waals surface area contributed by atoms with Gasteiger partial charge in [-0.2, -0.15) is 5.10 Å². The second kappa shape index (κ2) is 5.95. The summed E-state index contributed by atoms with van der Waals surface area (Å²) in [5.41, 5.74) is 0.998. The third kappa shape index (κ3) is 2.99. The molecule has 0 saturated carbocycles. The van der Waals surface area contributed by atoms with Crippen molar-refractivity contribution < 1.29 is 4.39 Å². The van der Waals surface area contributed by atoms with E-state index >= 15 is 0 Å². The minimum absolute atomic E-state index is 0.0617. The van der Waals surface area contributed by atoms with Gasteiger partial charge in [0, 0.05) is 22.8 Å². The predicted molar refractivity (Wildman–Crippen MR) is 85.1 cm³/mol. The number of rotatable bonds is 5. The molecule has 0 spiro atoms. The molecule has 21 heavy (non-hydrogen) atoms. The van der Waals surface area contributed by atoms with Gasteiger partial charge in [0.15, 0.2) is 0 Å². The Kier molecular flexibility index (Phi) is 4.03. The van der Waals surface area contributed by atoms with Crippen LogP contribution in [-0.2, 0) is 7.05 Å². The molecular weight excluding hydrogens is 285 g/mol. The lowest BCUT2D eigenvalue weighted by Crippen LogP contribution is -2.22. The zero-order valence-corrected chi connectivity index (χ0v) is 13.0. The van der Waals surface area contributed by atoms with Crippen molar-refractivity contribution in [3.05, 3.63) is 52.9 Å². The summed E-state index contributed by atoms with van der Waals surface area (Å²) in [6, 6.07) is 9.09. The van der Waals surface area contributed by atoms with Crippen LogP contribution in [0.5, 0.6) is 0 Å². The van der Waals surface area contributed by atoms with Gasteiger partial charge in [0.1, 0.15) is 5.82 Å². The van der Waals surface area contributed by atoms with Crippen molar-refractivity contribution in [2.75, 3.05) is 6.54 Å². The quantitative estimate of drug-likeness (QED) is 0.775.